The predicted molar refractivity (Wildman–Crippen MR) is 79.3 cm³/mol. The highest BCUT2D eigenvalue weighted by molar-refractivity contribution is 9.10. The Bertz CT molecular complexity index is 564. The molecule has 0 spiro atoms. The summed E-state index contributed by atoms with van der Waals surface area (Å²) in [4.78, 5) is 11.9. The molecule has 0 aliphatic heterocycles. The zero-order valence-corrected chi connectivity index (χ0v) is 12.3. The minimum Gasteiger partial charge on any atom is -0.462 e. The molecule has 0 amide bonds. The SMILES string of the molecule is Cc1ccc(C(=O)OCCc2ccccc2)cc1Br. The van der Waals surface area contributed by atoms with Gasteiger partial charge in [0.1, 0.15) is 0 Å². The van der Waals surface area contributed by atoms with Gasteiger partial charge in [-0.2, -0.15) is 0 Å². The fraction of sp³-hybridized carbons (Fsp3) is 0.188. The van der Waals surface area contributed by atoms with Crippen LogP contribution in [0.15, 0.2) is 53.0 Å². The maximum atomic E-state index is 11.9. The monoisotopic (exact) mass is 318 g/mol. The van der Waals surface area contributed by atoms with E-state index in [2.05, 4.69) is 15.9 Å². The molecule has 0 saturated heterocycles. The minimum atomic E-state index is -0.281. The second-order valence-corrected chi connectivity index (χ2v) is 5.19. The zero-order valence-electron chi connectivity index (χ0n) is 10.7. The Balaban J connectivity index is 1.89. The fourth-order valence-corrected chi connectivity index (χ4v) is 2.09. The van der Waals surface area contributed by atoms with E-state index in [-0.39, 0.29) is 5.97 Å². The topological polar surface area (TPSA) is 26.3 Å². The van der Waals surface area contributed by atoms with Crippen LogP contribution in [0.1, 0.15) is 21.5 Å². The van der Waals surface area contributed by atoms with Crippen molar-refractivity contribution in [2.24, 2.45) is 0 Å². The van der Waals surface area contributed by atoms with Gasteiger partial charge in [-0.1, -0.05) is 52.3 Å². The van der Waals surface area contributed by atoms with Crippen LogP contribution in [0, 0.1) is 6.92 Å². The average molecular weight is 319 g/mol. The molecule has 0 atom stereocenters. The van der Waals surface area contributed by atoms with Crippen molar-refractivity contribution in [2.45, 2.75) is 13.3 Å². The molecule has 2 rings (SSSR count). The van der Waals surface area contributed by atoms with Crippen LogP contribution in [0.3, 0.4) is 0 Å². The molecule has 0 saturated carbocycles. The summed E-state index contributed by atoms with van der Waals surface area (Å²) in [5.41, 5.74) is 2.84. The van der Waals surface area contributed by atoms with Crippen molar-refractivity contribution in [2.75, 3.05) is 6.61 Å². The maximum absolute atomic E-state index is 11.9. The Kier molecular flexibility index (Phi) is 4.74. The van der Waals surface area contributed by atoms with Crippen molar-refractivity contribution in [1.82, 2.24) is 0 Å². The highest BCUT2D eigenvalue weighted by atomic mass is 79.9. The summed E-state index contributed by atoms with van der Waals surface area (Å²) in [6.07, 6.45) is 0.736. The smallest absolute Gasteiger partial charge is 0.338 e. The van der Waals surface area contributed by atoms with Crippen LogP contribution >= 0.6 is 15.9 Å². The fourth-order valence-electron chi connectivity index (χ4n) is 1.71. The predicted octanol–water partition coefficient (Wildman–Crippen LogP) is 4.16. The van der Waals surface area contributed by atoms with Gasteiger partial charge in [-0.3, -0.25) is 0 Å². The van der Waals surface area contributed by atoms with E-state index in [0.717, 1.165) is 16.5 Å². The molecule has 3 heteroatoms. The molecule has 0 unspecified atom stereocenters. The Labute approximate surface area is 121 Å². The lowest BCUT2D eigenvalue weighted by Gasteiger charge is -2.06. The lowest BCUT2D eigenvalue weighted by molar-refractivity contribution is 0.0509. The molecule has 0 aliphatic carbocycles. The zero-order chi connectivity index (χ0) is 13.7. The largest absolute Gasteiger partial charge is 0.462 e. The van der Waals surface area contributed by atoms with Gasteiger partial charge in [0, 0.05) is 10.9 Å². The molecule has 98 valence electrons. The van der Waals surface area contributed by atoms with E-state index in [1.165, 1.54) is 5.56 Å². The average Bonchev–Trinajstić information content (AvgIpc) is 2.43. The highest BCUT2D eigenvalue weighted by Crippen LogP contribution is 2.18. The number of hydrogen-bond acceptors (Lipinski definition) is 2. The van der Waals surface area contributed by atoms with E-state index in [0.29, 0.717) is 12.2 Å². The first kappa shape index (κ1) is 13.8. The van der Waals surface area contributed by atoms with Crippen LogP contribution < -0.4 is 0 Å². The molecule has 0 N–H and O–H groups in total. The van der Waals surface area contributed by atoms with Gasteiger partial charge in [0.15, 0.2) is 0 Å². The molecule has 19 heavy (non-hydrogen) atoms. The second kappa shape index (κ2) is 6.53. The Morgan fingerprint density at radius 1 is 1.16 bits per heavy atom. The van der Waals surface area contributed by atoms with Crippen molar-refractivity contribution in [3.05, 3.63) is 69.7 Å². The van der Waals surface area contributed by atoms with Gasteiger partial charge in [0.25, 0.3) is 0 Å². The number of rotatable bonds is 4. The first-order chi connectivity index (χ1) is 9.16. The van der Waals surface area contributed by atoms with Crippen LogP contribution in [0.2, 0.25) is 0 Å². The third kappa shape index (κ3) is 3.93. The molecule has 0 radical (unpaired) electrons. The summed E-state index contributed by atoms with van der Waals surface area (Å²) in [7, 11) is 0. The Hall–Kier alpha value is -1.61. The molecule has 2 aromatic rings. The normalized spacial score (nSPS) is 10.2. The van der Waals surface area contributed by atoms with Crippen LogP contribution in [0.4, 0.5) is 0 Å². The van der Waals surface area contributed by atoms with Gasteiger partial charge in [-0.15, -0.1) is 0 Å². The number of carbonyl (C=O) groups is 1. The van der Waals surface area contributed by atoms with Gasteiger partial charge < -0.3 is 4.74 Å². The molecule has 0 aliphatic rings. The number of benzene rings is 2. The molecular formula is C16H15BrO2. The van der Waals surface area contributed by atoms with Crippen molar-refractivity contribution in [3.8, 4) is 0 Å². The van der Waals surface area contributed by atoms with E-state index in [4.69, 9.17) is 4.74 Å². The van der Waals surface area contributed by atoms with Gasteiger partial charge in [0.05, 0.1) is 12.2 Å². The number of ether oxygens (including phenoxy) is 1. The van der Waals surface area contributed by atoms with Crippen LogP contribution in [-0.2, 0) is 11.2 Å². The van der Waals surface area contributed by atoms with Crippen molar-refractivity contribution < 1.29 is 9.53 Å². The lowest BCUT2D eigenvalue weighted by Crippen LogP contribution is -2.08. The summed E-state index contributed by atoms with van der Waals surface area (Å²) in [6, 6.07) is 15.5. The van der Waals surface area contributed by atoms with Gasteiger partial charge in [0.2, 0.25) is 0 Å². The van der Waals surface area contributed by atoms with E-state index in [1.54, 1.807) is 12.1 Å². The molecular weight excluding hydrogens is 304 g/mol. The summed E-state index contributed by atoms with van der Waals surface area (Å²) >= 11 is 3.41. The first-order valence-electron chi connectivity index (χ1n) is 6.14. The third-order valence-corrected chi connectivity index (χ3v) is 3.73. The first-order valence-corrected chi connectivity index (χ1v) is 6.93. The Morgan fingerprint density at radius 2 is 1.89 bits per heavy atom. The molecule has 0 bridgehead atoms. The summed E-state index contributed by atoms with van der Waals surface area (Å²) < 4.78 is 6.19. The molecule has 0 heterocycles. The van der Waals surface area contributed by atoms with E-state index < -0.39 is 0 Å². The quantitative estimate of drug-likeness (QED) is 0.791. The molecule has 0 aromatic heterocycles. The van der Waals surface area contributed by atoms with Gasteiger partial charge in [-0.25, -0.2) is 4.79 Å². The van der Waals surface area contributed by atoms with E-state index >= 15 is 0 Å². The number of hydrogen-bond donors (Lipinski definition) is 0. The number of aryl methyl sites for hydroxylation is 1. The molecule has 2 nitrogen and oxygen atoms in total. The van der Waals surface area contributed by atoms with Crippen molar-refractivity contribution in [3.63, 3.8) is 0 Å². The molecule has 2 aromatic carbocycles. The highest BCUT2D eigenvalue weighted by Gasteiger charge is 2.08. The minimum absolute atomic E-state index is 0.281. The lowest BCUT2D eigenvalue weighted by atomic mass is 10.1. The molecule has 0 fully saturated rings. The van der Waals surface area contributed by atoms with Crippen LogP contribution in [-0.4, -0.2) is 12.6 Å². The third-order valence-electron chi connectivity index (χ3n) is 2.87. The van der Waals surface area contributed by atoms with E-state index in [1.807, 2.05) is 43.3 Å². The van der Waals surface area contributed by atoms with E-state index in [9.17, 15) is 4.79 Å². The van der Waals surface area contributed by atoms with Crippen molar-refractivity contribution in [1.29, 1.82) is 0 Å². The summed E-state index contributed by atoms with van der Waals surface area (Å²) in [5.74, 6) is -0.281. The standard InChI is InChI=1S/C16H15BrO2/c1-12-7-8-14(11-15(12)17)16(18)19-10-9-13-5-3-2-4-6-13/h2-8,11H,9-10H2,1H3. The van der Waals surface area contributed by atoms with Crippen LogP contribution in [0.5, 0.6) is 0 Å². The number of carbonyl (C=O) groups excluding carboxylic acids is 1. The second-order valence-electron chi connectivity index (χ2n) is 4.34. The Morgan fingerprint density at radius 3 is 2.58 bits per heavy atom. The van der Waals surface area contributed by atoms with Gasteiger partial charge in [-0.05, 0) is 30.2 Å². The van der Waals surface area contributed by atoms with Crippen LogP contribution in [0.25, 0.3) is 0 Å². The number of esters is 1. The van der Waals surface area contributed by atoms with Gasteiger partial charge >= 0.3 is 5.97 Å². The van der Waals surface area contributed by atoms with Crippen molar-refractivity contribution >= 4 is 21.9 Å². The summed E-state index contributed by atoms with van der Waals surface area (Å²) in [6.45, 7) is 2.38. The maximum Gasteiger partial charge on any atom is 0.338 e. The summed E-state index contributed by atoms with van der Waals surface area (Å²) in [5, 5.41) is 0. The number of halogens is 1.